The van der Waals surface area contributed by atoms with Crippen molar-refractivity contribution in [1.82, 2.24) is 9.80 Å². The zero-order chi connectivity index (χ0) is 21.6. The summed E-state index contributed by atoms with van der Waals surface area (Å²) in [4.78, 5) is 17.1. The molecule has 3 aromatic rings. The van der Waals surface area contributed by atoms with Crippen molar-refractivity contribution in [1.29, 1.82) is 0 Å². The van der Waals surface area contributed by atoms with Crippen molar-refractivity contribution in [3.63, 3.8) is 0 Å². The second-order valence-corrected chi connectivity index (χ2v) is 8.07. The van der Waals surface area contributed by atoms with Gasteiger partial charge in [-0.2, -0.15) is 0 Å². The molecule has 0 atom stereocenters. The zero-order valence-corrected chi connectivity index (χ0v) is 17.9. The summed E-state index contributed by atoms with van der Waals surface area (Å²) in [5, 5.41) is 0.743. The number of piperazine rings is 1. The van der Waals surface area contributed by atoms with Gasteiger partial charge in [-0.1, -0.05) is 35.9 Å². The maximum atomic E-state index is 13.0. The summed E-state index contributed by atoms with van der Waals surface area (Å²) in [6, 6.07) is 21.3. The average Bonchev–Trinajstić information content (AvgIpc) is 2.81. The van der Waals surface area contributed by atoms with E-state index in [9.17, 15) is 9.18 Å². The number of carbonyl (C=O) groups is 1. The molecule has 1 aliphatic heterocycles. The number of nitrogens with zero attached hydrogens (tertiary/aromatic N) is 2. The first-order valence-corrected chi connectivity index (χ1v) is 10.7. The highest BCUT2D eigenvalue weighted by Crippen LogP contribution is 2.16. The number of rotatable bonds is 6. The van der Waals surface area contributed by atoms with Gasteiger partial charge in [0.2, 0.25) is 0 Å². The Kier molecular flexibility index (Phi) is 6.85. The van der Waals surface area contributed by atoms with Crippen LogP contribution in [0.3, 0.4) is 0 Å². The van der Waals surface area contributed by atoms with Crippen LogP contribution in [0.4, 0.5) is 4.39 Å². The molecule has 0 spiro atoms. The molecule has 0 aromatic heterocycles. The van der Waals surface area contributed by atoms with Crippen molar-refractivity contribution in [2.75, 3.05) is 26.2 Å². The maximum absolute atomic E-state index is 13.0. The number of amides is 1. The summed E-state index contributed by atoms with van der Waals surface area (Å²) in [6.45, 7) is 4.34. The van der Waals surface area contributed by atoms with Crippen molar-refractivity contribution in [3.8, 4) is 5.75 Å². The van der Waals surface area contributed by atoms with Gasteiger partial charge in [0, 0.05) is 43.3 Å². The van der Waals surface area contributed by atoms with E-state index in [0.29, 0.717) is 31.0 Å². The molecule has 1 amide bonds. The highest BCUT2D eigenvalue weighted by molar-refractivity contribution is 6.30. The van der Waals surface area contributed by atoms with Crippen molar-refractivity contribution >= 4 is 17.5 Å². The molecule has 0 N–H and O–H groups in total. The lowest BCUT2D eigenvalue weighted by Gasteiger charge is -2.34. The minimum atomic E-state index is -0.291. The summed E-state index contributed by atoms with van der Waals surface area (Å²) in [5.74, 6) is 0.371. The van der Waals surface area contributed by atoms with Gasteiger partial charge in [-0.25, -0.2) is 4.39 Å². The van der Waals surface area contributed by atoms with E-state index in [1.807, 2.05) is 53.4 Å². The SMILES string of the molecule is O=C(c1ccc(COc2ccc(F)cc2)cc1)N1CCN(Cc2ccc(Cl)cc2)CC1. The van der Waals surface area contributed by atoms with Crippen LogP contribution < -0.4 is 4.74 Å². The molecule has 1 saturated heterocycles. The Balaban J connectivity index is 1.26. The lowest BCUT2D eigenvalue weighted by molar-refractivity contribution is 0.0628. The van der Waals surface area contributed by atoms with Gasteiger partial charge in [-0.3, -0.25) is 9.69 Å². The molecule has 0 unspecified atom stereocenters. The summed E-state index contributed by atoms with van der Waals surface area (Å²) in [5.41, 5.74) is 2.85. The lowest BCUT2D eigenvalue weighted by atomic mass is 10.1. The van der Waals surface area contributed by atoms with Crippen LogP contribution in [0.15, 0.2) is 72.8 Å². The van der Waals surface area contributed by atoms with Crippen molar-refractivity contribution in [2.24, 2.45) is 0 Å². The highest BCUT2D eigenvalue weighted by Gasteiger charge is 2.22. The molecule has 0 bridgehead atoms. The van der Waals surface area contributed by atoms with Gasteiger partial charge in [-0.05, 0) is 59.7 Å². The molecule has 0 saturated carbocycles. The van der Waals surface area contributed by atoms with Crippen LogP contribution in [0, 0.1) is 5.82 Å². The van der Waals surface area contributed by atoms with Crippen LogP contribution >= 0.6 is 11.6 Å². The highest BCUT2D eigenvalue weighted by atomic mass is 35.5. The minimum Gasteiger partial charge on any atom is -0.489 e. The summed E-state index contributed by atoms with van der Waals surface area (Å²) >= 11 is 5.95. The van der Waals surface area contributed by atoms with E-state index in [0.717, 1.165) is 30.2 Å². The predicted octanol–water partition coefficient (Wildman–Crippen LogP) is 5.02. The number of ether oxygens (including phenoxy) is 1. The summed E-state index contributed by atoms with van der Waals surface area (Å²) < 4.78 is 18.6. The van der Waals surface area contributed by atoms with Crippen molar-refractivity contribution in [3.05, 3.63) is 100 Å². The monoisotopic (exact) mass is 438 g/mol. The molecule has 31 heavy (non-hydrogen) atoms. The van der Waals surface area contributed by atoms with E-state index in [1.165, 1.54) is 17.7 Å². The van der Waals surface area contributed by atoms with Gasteiger partial charge in [-0.15, -0.1) is 0 Å². The summed E-state index contributed by atoms with van der Waals surface area (Å²) in [6.07, 6.45) is 0. The van der Waals surface area contributed by atoms with Crippen LogP contribution in [0.1, 0.15) is 21.5 Å². The third-order valence-corrected chi connectivity index (χ3v) is 5.65. The Labute approximate surface area is 186 Å². The Morgan fingerprint density at radius 1 is 0.839 bits per heavy atom. The first-order chi connectivity index (χ1) is 15.1. The van der Waals surface area contributed by atoms with Crippen LogP contribution in [0.5, 0.6) is 5.75 Å². The Morgan fingerprint density at radius 3 is 2.10 bits per heavy atom. The number of carbonyl (C=O) groups excluding carboxylic acids is 1. The molecule has 0 radical (unpaired) electrons. The van der Waals surface area contributed by atoms with Crippen molar-refractivity contribution in [2.45, 2.75) is 13.2 Å². The third-order valence-electron chi connectivity index (χ3n) is 5.40. The quantitative estimate of drug-likeness (QED) is 0.542. The molecule has 0 aliphatic carbocycles. The van der Waals surface area contributed by atoms with Crippen LogP contribution in [0.2, 0.25) is 5.02 Å². The predicted molar refractivity (Wildman–Crippen MR) is 120 cm³/mol. The second-order valence-electron chi connectivity index (χ2n) is 7.63. The Morgan fingerprint density at radius 2 is 1.45 bits per heavy atom. The number of hydrogen-bond acceptors (Lipinski definition) is 3. The molecule has 4 rings (SSSR count). The molecule has 3 aromatic carbocycles. The van der Waals surface area contributed by atoms with Crippen molar-refractivity contribution < 1.29 is 13.9 Å². The fraction of sp³-hybridized carbons (Fsp3) is 0.240. The molecule has 4 nitrogen and oxygen atoms in total. The van der Waals surface area contributed by atoms with Gasteiger partial charge in [0.1, 0.15) is 18.2 Å². The number of halogens is 2. The average molecular weight is 439 g/mol. The fourth-order valence-electron chi connectivity index (χ4n) is 3.58. The smallest absolute Gasteiger partial charge is 0.253 e. The van der Waals surface area contributed by atoms with Crippen LogP contribution in [0.25, 0.3) is 0 Å². The summed E-state index contributed by atoms with van der Waals surface area (Å²) in [7, 11) is 0. The number of hydrogen-bond donors (Lipinski definition) is 0. The molecule has 1 aliphatic rings. The van der Waals surface area contributed by atoms with E-state index < -0.39 is 0 Å². The zero-order valence-electron chi connectivity index (χ0n) is 17.1. The van der Waals surface area contributed by atoms with Crippen LogP contribution in [-0.2, 0) is 13.2 Å². The topological polar surface area (TPSA) is 32.8 Å². The maximum Gasteiger partial charge on any atom is 0.253 e. The van der Waals surface area contributed by atoms with E-state index in [1.54, 1.807) is 12.1 Å². The Hall–Kier alpha value is -2.89. The Bertz CT molecular complexity index is 999. The first-order valence-electron chi connectivity index (χ1n) is 10.3. The molecule has 1 heterocycles. The van der Waals surface area contributed by atoms with Gasteiger partial charge in [0.15, 0.2) is 0 Å². The first kappa shape index (κ1) is 21.3. The molecular formula is C25H24ClFN2O2. The molecule has 6 heteroatoms. The lowest BCUT2D eigenvalue weighted by Crippen LogP contribution is -2.48. The van der Waals surface area contributed by atoms with E-state index >= 15 is 0 Å². The fourth-order valence-corrected chi connectivity index (χ4v) is 3.71. The molecule has 1 fully saturated rings. The van der Waals surface area contributed by atoms with Gasteiger partial charge in [0.25, 0.3) is 5.91 Å². The molecular weight excluding hydrogens is 415 g/mol. The standard InChI is InChI=1S/C25H24ClFN2O2/c26-22-7-3-19(4-8-22)17-28-13-15-29(16-14-28)25(30)21-5-1-20(2-6-21)18-31-24-11-9-23(27)10-12-24/h1-12H,13-18H2. The molecule has 160 valence electrons. The van der Waals surface area contributed by atoms with E-state index in [4.69, 9.17) is 16.3 Å². The van der Waals surface area contributed by atoms with E-state index in [2.05, 4.69) is 4.90 Å². The largest absolute Gasteiger partial charge is 0.489 e. The van der Waals surface area contributed by atoms with Crippen LogP contribution in [-0.4, -0.2) is 41.9 Å². The van der Waals surface area contributed by atoms with Gasteiger partial charge in [0.05, 0.1) is 0 Å². The normalized spacial score (nSPS) is 14.5. The number of benzene rings is 3. The second kappa shape index (κ2) is 9.94. The third kappa shape index (κ3) is 5.84. The minimum absolute atomic E-state index is 0.0529. The van der Waals surface area contributed by atoms with Gasteiger partial charge >= 0.3 is 0 Å². The van der Waals surface area contributed by atoms with E-state index in [-0.39, 0.29) is 11.7 Å². The van der Waals surface area contributed by atoms with Gasteiger partial charge < -0.3 is 9.64 Å².